The summed E-state index contributed by atoms with van der Waals surface area (Å²) in [5.74, 6) is 0.247. The van der Waals surface area contributed by atoms with Crippen LogP contribution < -0.4 is 10.6 Å². The third-order valence-electron chi connectivity index (χ3n) is 4.58. The zero-order chi connectivity index (χ0) is 20.2. The highest BCUT2D eigenvalue weighted by atomic mass is 127. The average Bonchev–Trinajstić information content (AvgIpc) is 2.72. The van der Waals surface area contributed by atoms with E-state index in [9.17, 15) is 9.18 Å². The summed E-state index contributed by atoms with van der Waals surface area (Å²) in [5, 5.41) is 6.55. The number of carbonyl (C=O) groups excluding carboxylic acids is 1. The van der Waals surface area contributed by atoms with E-state index in [1.54, 1.807) is 14.0 Å². The van der Waals surface area contributed by atoms with Gasteiger partial charge in [0.05, 0.1) is 25.9 Å². The highest BCUT2D eigenvalue weighted by Gasteiger charge is 2.23. The molecule has 0 aliphatic carbocycles. The summed E-state index contributed by atoms with van der Waals surface area (Å²) in [5.41, 5.74) is 1.05. The summed E-state index contributed by atoms with van der Waals surface area (Å²) in [6.07, 6.45) is 1.05. The SMILES string of the molecule is CCOC(=O)CCCNC(=NC)NCC(c1ccc(F)cc1)N1CCOCC1.I. The lowest BCUT2D eigenvalue weighted by atomic mass is 10.0. The minimum absolute atomic E-state index is 0. The first-order valence-corrected chi connectivity index (χ1v) is 9.81. The van der Waals surface area contributed by atoms with Crippen LogP contribution in [0.4, 0.5) is 4.39 Å². The van der Waals surface area contributed by atoms with E-state index in [1.165, 1.54) is 12.1 Å². The Morgan fingerprint density at radius 3 is 2.59 bits per heavy atom. The largest absolute Gasteiger partial charge is 0.466 e. The lowest BCUT2D eigenvalue weighted by Gasteiger charge is -2.35. The Morgan fingerprint density at radius 1 is 1.28 bits per heavy atom. The number of nitrogens with one attached hydrogen (secondary N) is 2. The lowest BCUT2D eigenvalue weighted by molar-refractivity contribution is -0.143. The number of hydrogen-bond acceptors (Lipinski definition) is 5. The number of halogens is 2. The van der Waals surface area contributed by atoms with Gasteiger partial charge in [0.15, 0.2) is 5.96 Å². The Balaban J connectivity index is 0.00000420. The van der Waals surface area contributed by atoms with Gasteiger partial charge in [0.1, 0.15) is 5.82 Å². The molecule has 1 unspecified atom stereocenters. The summed E-state index contributed by atoms with van der Waals surface area (Å²) >= 11 is 0. The van der Waals surface area contributed by atoms with E-state index in [-0.39, 0.29) is 41.8 Å². The highest BCUT2D eigenvalue weighted by Crippen LogP contribution is 2.21. The van der Waals surface area contributed by atoms with Gasteiger partial charge in [-0.15, -0.1) is 24.0 Å². The van der Waals surface area contributed by atoms with Crippen LogP contribution in [0.2, 0.25) is 0 Å². The summed E-state index contributed by atoms with van der Waals surface area (Å²) in [6.45, 7) is 6.50. The average molecular weight is 522 g/mol. The molecule has 1 aliphatic rings. The van der Waals surface area contributed by atoms with Crippen molar-refractivity contribution >= 4 is 35.9 Å². The molecule has 2 rings (SSSR count). The second-order valence-electron chi connectivity index (χ2n) is 6.50. The van der Waals surface area contributed by atoms with Crippen molar-refractivity contribution in [1.29, 1.82) is 0 Å². The number of morpholine rings is 1. The number of aliphatic imine (C=N–C) groups is 1. The molecule has 2 N–H and O–H groups in total. The molecule has 1 fully saturated rings. The molecular weight excluding hydrogens is 490 g/mol. The Hall–Kier alpha value is -1.46. The molecule has 1 heterocycles. The molecule has 1 aliphatic heterocycles. The van der Waals surface area contributed by atoms with Crippen LogP contribution in [0.15, 0.2) is 29.3 Å². The molecule has 0 radical (unpaired) electrons. The van der Waals surface area contributed by atoms with Crippen LogP contribution in [0.25, 0.3) is 0 Å². The van der Waals surface area contributed by atoms with E-state index >= 15 is 0 Å². The van der Waals surface area contributed by atoms with Crippen LogP contribution >= 0.6 is 24.0 Å². The van der Waals surface area contributed by atoms with Gasteiger partial charge in [-0.1, -0.05) is 12.1 Å². The first kappa shape index (κ1) is 25.6. The molecule has 1 atom stereocenters. The van der Waals surface area contributed by atoms with Gasteiger partial charge in [-0.25, -0.2) is 4.39 Å². The fraction of sp³-hybridized carbons (Fsp3) is 0.600. The van der Waals surface area contributed by atoms with Crippen molar-refractivity contribution in [2.45, 2.75) is 25.8 Å². The first-order valence-electron chi connectivity index (χ1n) is 9.81. The minimum atomic E-state index is -0.239. The van der Waals surface area contributed by atoms with E-state index in [0.29, 0.717) is 51.7 Å². The van der Waals surface area contributed by atoms with Crippen LogP contribution in [0.1, 0.15) is 31.4 Å². The monoisotopic (exact) mass is 522 g/mol. The number of rotatable bonds is 9. The van der Waals surface area contributed by atoms with E-state index in [0.717, 1.165) is 18.7 Å². The molecule has 0 saturated carbocycles. The maximum atomic E-state index is 13.3. The second kappa shape index (κ2) is 14.5. The Morgan fingerprint density at radius 2 is 1.97 bits per heavy atom. The lowest BCUT2D eigenvalue weighted by Crippen LogP contribution is -2.46. The number of guanidine groups is 1. The van der Waals surface area contributed by atoms with Crippen molar-refractivity contribution in [2.75, 3.05) is 53.0 Å². The fourth-order valence-corrected chi connectivity index (χ4v) is 3.12. The third-order valence-corrected chi connectivity index (χ3v) is 4.58. The van der Waals surface area contributed by atoms with Crippen molar-refractivity contribution < 1.29 is 18.7 Å². The number of nitrogens with zero attached hydrogens (tertiary/aromatic N) is 2. The molecule has 1 aromatic carbocycles. The molecular formula is C20H32FIN4O3. The summed E-state index contributed by atoms with van der Waals surface area (Å²) in [7, 11) is 1.71. The molecule has 29 heavy (non-hydrogen) atoms. The van der Waals surface area contributed by atoms with Crippen LogP contribution in [0.5, 0.6) is 0 Å². The zero-order valence-electron chi connectivity index (χ0n) is 17.2. The van der Waals surface area contributed by atoms with Gasteiger partial charge in [-0.2, -0.15) is 0 Å². The topological polar surface area (TPSA) is 75.2 Å². The quantitative estimate of drug-likeness (QED) is 0.171. The first-order chi connectivity index (χ1) is 13.6. The third kappa shape index (κ3) is 9.26. The molecule has 1 saturated heterocycles. The van der Waals surface area contributed by atoms with Crippen molar-refractivity contribution in [1.82, 2.24) is 15.5 Å². The Bertz CT molecular complexity index is 625. The van der Waals surface area contributed by atoms with E-state index < -0.39 is 0 Å². The molecule has 0 aromatic heterocycles. The number of hydrogen-bond donors (Lipinski definition) is 2. The smallest absolute Gasteiger partial charge is 0.305 e. The van der Waals surface area contributed by atoms with Crippen molar-refractivity contribution in [3.05, 3.63) is 35.6 Å². The standard InChI is InChI=1S/C20H31FN4O3.HI/c1-3-28-19(26)5-4-10-23-20(22-2)24-15-18(25-11-13-27-14-12-25)16-6-8-17(21)9-7-16;/h6-9,18H,3-5,10-15H2,1-2H3,(H2,22,23,24);1H. The summed E-state index contributed by atoms with van der Waals surface area (Å²) < 4.78 is 23.7. The van der Waals surface area contributed by atoms with Crippen LogP contribution in [0.3, 0.4) is 0 Å². The maximum Gasteiger partial charge on any atom is 0.305 e. The predicted octanol–water partition coefficient (Wildman–Crippen LogP) is 2.33. The number of esters is 1. The number of ether oxygens (including phenoxy) is 2. The van der Waals surface area contributed by atoms with Crippen LogP contribution in [-0.2, 0) is 14.3 Å². The summed E-state index contributed by atoms with van der Waals surface area (Å²) in [6, 6.07) is 6.72. The van der Waals surface area contributed by atoms with Gasteiger partial charge in [-0.05, 0) is 31.0 Å². The van der Waals surface area contributed by atoms with Gasteiger partial charge in [-0.3, -0.25) is 14.7 Å². The maximum absolute atomic E-state index is 13.3. The predicted molar refractivity (Wildman–Crippen MR) is 122 cm³/mol. The van der Waals surface area contributed by atoms with E-state index in [4.69, 9.17) is 9.47 Å². The molecule has 9 heteroatoms. The van der Waals surface area contributed by atoms with Gasteiger partial charge >= 0.3 is 5.97 Å². The number of benzene rings is 1. The van der Waals surface area contributed by atoms with Crippen LogP contribution in [0, 0.1) is 5.82 Å². The van der Waals surface area contributed by atoms with Gasteiger partial charge in [0.25, 0.3) is 0 Å². The van der Waals surface area contributed by atoms with Crippen molar-refractivity contribution in [3.8, 4) is 0 Å². The van der Waals surface area contributed by atoms with Gasteiger partial charge in [0.2, 0.25) is 0 Å². The normalized spacial score (nSPS) is 15.9. The van der Waals surface area contributed by atoms with Crippen molar-refractivity contribution in [3.63, 3.8) is 0 Å². The molecule has 164 valence electrons. The Kier molecular flexibility index (Phi) is 12.8. The molecule has 0 spiro atoms. The van der Waals surface area contributed by atoms with Crippen LogP contribution in [-0.4, -0.2) is 69.9 Å². The molecule has 0 bridgehead atoms. The molecule has 0 amide bonds. The fourth-order valence-electron chi connectivity index (χ4n) is 3.12. The van der Waals surface area contributed by atoms with Crippen molar-refractivity contribution in [2.24, 2.45) is 4.99 Å². The summed E-state index contributed by atoms with van der Waals surface area (Å²) in [4.78, 5) is 18.0. The van der Waals surface area contributed by atoms with Gasteiger partial charge < -0.3 is 20.1 Å². The number of carbonyl (C=O) groups is 1. The zero-order valence-corrected chi connectivity index (χ0v) is 19.5. The molecule has 1 aromatic rings. The highest BCUT2D eigenvalue weighted by molar-refractivity contribution is 14.0. The minimum Gasteiger partial charge on any atom is -0.466 e. The van der Waals surface area contributed by atoms with E-state index in [1.807, 2.05) is 12.1 Å². The Labute approximate surface area is 189 Å². The second-order valence-corrected chi connectivity index (χ2v) is 6.50. The molecule has 7 nitrogen and oxygen atoms in total. The van der Waals surface area contributed by atoms with E-state index in [2.05, 4.69) is 20.5 Å². The van der Waals surface area contributed by atoms with Gasteiger partial charge in [0, 0.05) is 39.6 Å².